The molecular formula is C22H20N4OS. The molecule has 4 aromatic rings. The number of aromatic nitrogens is 3. The van der Waals surface area contributed by atoms with Crippen LogP contribution in [-0.4, -0.2) is 20.9 Å². The molecule has 0 radical (unpaired) electrons. The molecule has 0 saturated carbocycles. The van der Waals surface area contributed by atoms with Crippen molar-refractivity contribution in [2.24, 2.45) is 0 Å². The maximum absolute atomic E-state index is 12.1. The minimum Gasteiger partial charge on any atom is -0.323 e. The number of hydrogen-bond donors (Lipinski definition) is 1. The molecule has 5 nitrogen and oxygen atoms in total. The second kappa shape index (κ2) is 8.71. The van der Waals surface area contributed by atoms with Gasteiger partial charge in [0.15, 0.2) is 5.82 Å². The van der Waals surface area contributed by atoms with Gasteiger partial charge in [-0.25, -0.2) is 15.0 Å². The van der Waals surface area contributed by atoms with Gasteiger partial charge in [-0.2, -0.15) is 0 Å². The molecule has 2 aromatic carbocycles. The van der Waals surface area contributed by atoms with Crippen molar-refractivity contribution in [3.63, 3.8) is 0 Å². The van der Waals surface area contributed by atoms with Gasteiger partial charge < -0.3 is 5.32 Å². The van der Waals surface area contributed by atoms with Gasteiger partial charge in [0.05, 0.1) is 33.3 Å². The molecule has 0 aliphatic rings. The zero-order valence-corrected chi connectivity index (χ0v) is 16.2. The number of para-hydroxylation sites is 1. The Morgan fingerprint density at radius 3 is 2.46 bits per heavy atom. The number of fused-ring (bicyclic) bond motifs is 1. The Hall–Kier alpha value is -3.12. The highest BCUT2D eigenvalue weighted by Gasteiger charge is 2.07. The van der Waals surface area contributed by atoms with Crippen LogP contribution in [-0.2, 0) is 11.2 Å². The number of hydrogen-bond acceptors (Lipinski definition) is 5. The van der Waals surface area contributed by atoms with E-state index in [4.69, 9.17) is 0 Å². The summed E-state index contributed by atoms with van der Waals surface area (Å²) in [5.74, 6) is 0.634. The van der Waals surface area contributed by atoms with Gasteiger partial charge in [0.2, 0.25) is 5.91 Å². The summed E-state index contributed by atoms with van der Waals surface area (Å²) in [6.45, 7) is 0. The van der Waals surface area contributed by atoms with E-state index < -0.39 is 0 Å². The van der Waals surface area contributed by atoms with E-state index in [1.165, 1.54) is 4.70 Å². The van der Waals surface area contributed by atoms with Crippen LogP contribution in [0.5, 0.6) is 0 Å². The van der Waals surface area contributed by atoms with Crippen LogP contribution in [0.1, 0.15) is 24.3 Å². The molecule has 0 atom stereocenters. The molecule has 140 valence electrons. The molecule has 0 unspecified atom stereocenters. The Morgan fingerprint density at radius 2 is 1.68 bits per heavy atom. The van der Waals surface area contributed by atoms with Crippen molar-refractivity contribution in [1.29, 1.82) is 0 Å². The van der Waals surface area contributed by atoms with Gasteiger partial charge in [-0.05, 0) is 31.4 Å². The van der Waals surface area contributed by atoms with E-state index in [0.29, 0.717) is 17.9 Å². The largest absolute Gasteiger partial charge is 0.323 e. The van der Waals surface area contributed by atoms with E-state index in [0.717, 1.165) is 35.4 Å². The van der Waals surface area contributed by atoms with Crippen LogP contribution < -0.4 is 5.32 Å². The molecule has 0 saturated heterocycles. The fourth-order valence-corrected chi connectivity index (χ4v) is 3.95. The summed E-state index contributed by atoms with van der Waals surface area (Å²) in [7, 11) is 0. The van der Waals surface area contributed by atoms with Crippen molar-refractivity contribution in [3.8, 4) is 11.4 Å². The molecule has 0 spiro atoms. The van der Waals surface area contributed by atoms with Crippen molar-refractivity contribution >= 4 is 33.1 Å². The quantitative estimate of drug-likeness (QED) is 0.447. The first kappa shape index (κ1) is 18.3. The van der Waals surface area contributed by atoms with Crippen LogP contribution in [0.3, 0.4) is 0 Å². The number of benzene rings is 2. The standard InChI is InChI=1S/C22H20N4OS/c27-20(12-6-7-13-21-26-18-10-4-5-11-19(18)28-21)25-17-14-23-22(24-15-17)16-8-2-1-3-9-16/h1-5,8-11,14-15H,6-7,12-13H2,(H,25,27). The van der Waals surface area contributed by atoms with Crippen LogP contribution in [0.15, 0.2) is 67.0 Å². The molecular weight excluding hydrogens is 368 g/mol. The molecule has 28 heavy (non-hydrogen) atoms. The summed E-state index contributed by atoms with van der Waals surface area (Å²) < 4.78 is 1.22. The third kappa shape index (κ3) is 4.58. The molecule has 0 fully saturated rings. The zero-order valence-electron chi connectivity index (χ0n) is 15.3. The monoisotopic (exact) mass is 388 g/mol. The Bertz CT molecular complexity index is 1030. The summed E-state index contributed by atoms with van der Waals surface area (Å²) in [5, 5.41) is 3.99. The van der Waals surface area contributed by atoms with Crippen LogP contribution in [0, 0.1) is 0 Å². The van der Waals surface area contributed by atoms with Crippen LogP contribution >= 0.6 is 11.3 Å². The van der Waals surface area contributed by atoms with Gasteiger partial charge in [-0.15, -0.1) is 11.3 Å². The first-order valence-corrected chi connectivity index (χ1v) is 10.1. The number of aryl methyl sites for hydroxylation is 1. The number of nitrogens with one attached hydrogen (secondary N) is 1. The highest BCUT2D eigenvalue weighted by atomic mass is 32.1. The van der Waals surface area contributed by atoms with Crippen molar-refractivity contribution in [2.45, 2.75) is 25.7 Å². The average molecular weight is 388 g/mol. The van der Waals surface area contributed by atoms with Crippen LogP contribution in [0.2, 0.25) is 0 Å². The fourth-order valence-electron chi connectivity index (χ4n) is 2.94. The Balaban J connectivity index is 1.23. The average Bonchev–Trinajstić information content (AvgIpc) is 3.15. The second-order valence-electron chi connectivity index (χ2n) is 6.49. The first-order chi connectivity index (χ1) is 13.8. The molecule has 2 aromatic heterocycles. The van der Waals surface area contributed by atoms with Gasteiger partial charge in [0.25, 0.3) is 0 Å². The van der Waals surface area contributed by atoms with E-state index in [2.05, 4.69) is 26.3 Å². The lowest BCUT2D eigenvalue weighted by atomic mass is 10.2. The molecule has 0 bridgehead atoms. The van der Waals surface area contributed by atoms with Gasteiger partial charge in [0.1, 0.15) is 0 Å². The summed E-state index contributed by atoms with van der Waals surface area (Å²) in [6, 6.07) is 17.9. The molecule has 4 rings (SSSR count). The lowest BCUT2D eigenvalue weighted by Crippen LogP contribution is -2.11. The van der Waals surface area contributed by atoms with Crippen molar-refractivity contribution in [1.82, 2.24) is 15.0 Å². The Labute approximate surface area is 167 Å². The summed E-state index contributed by atoms with van der Waals surface area (Å²) in [4.78, 5) is 25.4. The number of anilines is 1. The van der Waals surface area contributed by atoms with Crippen molar-refractivity contribution in [3.05, 3.63) is 72.0 Å². The van der Waals surface area contributed by atoms with Gasteiger partial charge in [-0.1, -0.05) is 42.5 Å². The van der Waals surface area contributed by atoms with E-state index in [1.54, 1.807) is 23.7 Å². The lowest BCUT2D eigenvalue weighted by molar-refractivity contribution is -0.116. The van der Waals surface area contributed by atoms with Crippen LogP contribution in [0.4, 0.5) is 5.69 Å². The minimum absolute atomic E-state index is 0.0136. The summed E-state index contributed by atoms with van der Waals surface area (Å²) in [6.07, 6.45) is 6.44. The predicted octanol–water partition coefficient (Wildman–Crippen LogP) is 5.10. The number of amides is 1. The normalized spacial score (nSPS) is 10.9. The number of unbranched alkanes of at least 4 members (excludes halogenated alkanes) is 1. The maximum Gasteiger partial charge on any atom is 0.224 e. The van der Waals surface area contributed by atoms with Gasteiger partial charge in [0, 0.05) is 12.0 Å². The van der Waals surface area contributed by atoms with Gasteiger partial charge in [-0.3, -0.25) is 4.79 Å². The highest BCUT2D eigenvalue weighted by molar-refractivity contribution is 7.18. The first-order valence-electron chi connectivity index (χ1n) is 9.30. The Kier molecular flexibility index (Phi) is 5.68. The second-order valence-corrected chi connectivity index (χ2v) is 7.61. The maximum atomic E-state index is 12.1. The molecule has 0 aliphatic carbocycles. The van der Waals surface area contributed by atoms with E-state index >= 15 is 0 Å². The smallest absolute Gasteiger partial charge is 0.224 e. The number of carbonyl (C=O) groups excluding carboxylic acids is 1. The Morgan fingerprint density at radius 1 is 0.929 bits per heavy atom. The third-order valence-corrected chi connectivity index (χ3v) is 5.45. The number of rotatable bonds is 7. The summed E-state index contributed by atoms with van der Waals surface area (Å²) >= 11 is 1.73. The third-order valence-electron chi connectivity index (χ3n) is 4.35. The number of carbonyl (C=O) groups is 1. The number of nitrogens with zero attached hydrogens (tertiary/aromatic N) is 3. The molecule has 0 aliphatic heterocycles. The van der Waals surface area contributed by atoms with E-state index in [-0.39, 0.29) is 5.91 Å². The molecule has 6 heteroatoms. The molecule has 1 amide bonds. The highest BCUT2D eigenvalue weighted by Crippen LogP contribution is 2.23. The fraction of sp³-hybridized carbons (Fsp3) is 0.182. The SMILES string of the molecule is O=C(CCCCc1nc2ccccc2s1)Nc1cnc(-c2ccccc2)nc1. The van der Waals surface area contributed by atoms with Crippen LogP contribution in [0.25, 0.3) is 21.6 Å². The van der Waals surface area contributed by atoms with Crippen molar-refractivity contribution < 1.29 is 4.79 Å². The minimum atomic E-state index is -0.0136. The van der Waals surface area contributed by atoms with E-state index in [9.17, 15) is 4.79 Å². The molecule has 2 heterocycles. The summed E-state index contributed by atoms with van der Waals surface area (Å²) in [5.41, 5.74) is 2.63. The van der Waals surface area contributed by atoms with Gasteiger partial charge >= 0.3 is 0 Å². The zero-order chi connectivity index (χ0) is 19.2. The molecule has 1 N–H and O–H groups in total. The number of thiazole rings is 1. The van der Waals surface area contributed by atoms with E-state index in [1.807, 2.05) is 48.5 Å². The topological polar surface area (TPSA) is 67.8 Å². The lowest BCUT2D eigenvalue weighted by Gasteiger charge is -2.05. The predicted molar refractivity (Wildman–Crippen MR) is 113 cm³/mol. The van der Waals surface area contributed by atoms with Crippen molar-refractivity contribution in [2.75, 3.05) is 5.32 Å².